The molecule has 0 aliphatic heterocycles. The van der Waals surface area contributed by atoms with Gasteiger partial charge in [0.25, 0.3) is 5.91 Å². The summed E-state index contributed by atoms with van der Waals surface area (Å²) < 4.78 is 18.4. The van der Waals surface area contributed by atoms with Crippen molar-refractivity contribution in [3.63, 3.8) is 0 Å². The van der Waals surface area contributed by atoms with Gasteiger partial charge in [-0.05, 0) is 37.6 Å². The Morgan fingerprint density at radius 3 is 2.83 bits per heavy atom. The number of aromatic hydroxyl groups is 1. The summed E-state index contributed by atoms with van der Waals surface area (Å²) in [7, 11) is 0. The Hall–Kier alpha value is -2.89. The second kappa shape index (κ2) is 7.40. The van der Waals surface area contributed by atoms with Crippen LogP contribution in [0.3, 0.4) is 0 Å². The van der Waals surface area contributed by atoms with Crippen LogP contribution in [0.5, 0.6) is 11.5 Å². The van der Waals surface area contributed by atoms with Gasteiger partial charge in [-0.25, -0.2) is 9.82 Å². The van der Waals surface area contributed by atoms with Crippen molar-refractivity contribution in [1.29, 1.82) is 0 Å². The summed E-state index contributed by atoms with van der Waals surface area (Å²) >= 11 is 0. The Bertz CT molecular complexity index is 732. The quantitative estimate of drug-likeness (QED) is 0.658. The number of aryl methyl sites for hydroxylation is 1. The molecule has 6 heteroatoms. The van der Waals surface area contributed by atoms with Crippen LogP contribution in [0.4, 0.5) is 4.39 Å². The summed E-state index contributed by atoms with van der Waals surface area (Å²) in [5.74, 6) is -0.566. The molecular formula is C17H17FN2O3. The summed E-state index contributed by atoms with van der Waals surface area (Å²) in [4.78, 5) is 11.9. The van der Waals surface area contributed by atoms with Gasteiger partial charge in [0.2, 0.25) is 0 Å². The number of rotatable bonds is 5. The number of hydrogen-bond donors (Lipinski definition) is 2. The Kier molecular flexibility index (Phi) is 5.30. The smallest absolute Gasteiger partial charge is 0.280 e. The third-order valence-corrected chi connectivity index (χ3v) is 3.13. The molecule has 2 aromatic rings. The second-order valence-corrected chi connectivity index (χ2v) is 4.96. The van der Waals surface area contributed by atoms with Crippen molar-refractivity contribution in [3.8, 4) is 11.5 Å². The first kappa shape index (κ1) is 16.5. The number of para-hydroxylation sites is 1. The number of nitrogens with zero attached hydrogens (tertiary/aromatic N) is 1. The van der Waals surface area contributed by atoms with Gasteiger partial charge < -0.3 is 9.84 Å². The fraction of sp³-hybridized carbons (Fsp3) is 0.176. The standard InChI is InChI=1S/C17H17FN2O3/c1-11-5-3-6-13(16(11)21)10-19-20-17(22)12(2)23-15-8-4-7-14(18)9-15/h3-10,12,21H,1-2H3,(H,20,22). The number of amides is 1. The molecule has 1 atom stereocenters. The van der Waals surface area contributed by atoms with Gasteiger partial charge in [-0.15, -0.1) is 0 Å². The number of phenols is 1. The minimum absolute atomic E-state index is 0.106. The van der Waals surface area contributed by atoms with Crippen molar-refractivity contribution in [1.82, 2.24) is 5.43 Å². The van der Waals surface area contributed by atoms with E-state index in [4.69, 9.17) is 4.74 Å². The van der Waals surface area contributed by atoms with Gasteiger partial charge in [0, 0.05) is 11.6 Å². The van der Waals surface area contributed by atoms with E-state index in [9.17, 15) is 14.3 Å². The van der Waals surface area contributed by atoms with Gasteiger partial charge in [-0.3, -0.25) is 4.79 Å². The van der Waals surface area contributed by atoms with Crippen LogP contribution in [0.25, 0.3) is 0 Å². The molecule has 1 unspecified atom stereocenters. The predicted molar refractivity (Wildman–Crippen MR) is 85.1 cm³/mol. The SMILES string of the molecule is Cc1cccc(C=NNC(=O)C(C)Oc2cccc(F)c2)c1O. The maximum Gasteiger partial charge on any atom is 0.280 e. The summed E-state index contributed by atoms with van der Waals surface area (Å²) in [5, 5.41) is 13.6. The summed E-state index contributed by atoms with van der Waals surface area (Å²) in [6, 6.07) is 10.7. The third kappa shape index (κ3) is 4.54. The average Bonchev–Trinajstić information content (AvgIpc) is 2.51. The lowest BCUT2D eigenvalue weighted by Crippen LogP contribution is -2.33. The van der Waals surface area contributed by atoms with Gasteiger partial charge in [0.15, 0.2) is 6.10 Å². The molecule has 0 fully saturated rings. The second-order valence-electron chi connectivity index (χ2n) is 4.96. The van der Waals surface area contributed by atoms with Crippen LogP contribution in [-0.2, 0) is 4.79 Å². The van der Waals surface area contributed by atoms with Crippen molar-refractivity contribution in [2.75, 3.05) is 0 Å². The fourth-order valence-electron chi connectivity index (χ4n) is 1.84. The molecule has 2 rings (SSSR count). The van der Waals surface area contributed by atoms with E-state index in [1.165, 1.54) is 31.3 Å². The summed E-state index contributed by atoms with van der Waals surface area (Å²) in [5.41, 5.74) is 3.51. The molecule has 0 spiro atoms. The Balaban J connectivity index is 1.93. The van der Waals surface area contributed by atoms with E-state index in [1.807, 2.05) is 0 Å². The zero-order valence-corrected chi connectivity index (χ0v) is 12.8. The number of carbonyl (C=O) groups excluding carboxylic acids is 1. The number of carbonyl (C=O) groups is 1. The lowest BCUT2D eigenvalue weighted by Gasteiger charge is -2.12. The number of nitrogens with one attached hydrogen (secondary N) is 1. The maximum atomic E-state index is 13.1. The zero-order chi connectivity index (χ0) is 16.8. The van der Waals surface area contributed by atoms with Crippen LogP contribution in [0, 0.1) is 12.7 Å². The lowest BCUT2D eigenvalue weighted by molar-refractivity contribution is -0.127. The van der Waals surface area contributed by atoms with E-state index >= 15 is 0 Å². The van der Waals surface area contributed by atoms with Gasteiger partial charge in [-0.2, -0.15) is 5.10 Å². The number of halogens is 1. The number of hydrazone groups is 1. The highest BCUT2D eigenvalue weighted by Crippen LogP contribution is 2.19. The molecule has 0 aromatic heterocycles. The van der Waals surface area contributed by atoms with E-state index in [0.29, 0.717) is 11.1 Å². The largest absolute Gasteiger partial charge is 0.507 e. The van der Waals surface area contributed by atoms with E-state index in [0.717, 1.165) is 0 Å². The molecular weight excluding hydrogens is 299 g/mol. The van der Waals surface area contributed by atoms with E-state index < -0.39 is 17.8 Å². The summed E-state index contributed by atoms with van der Waals surface area (Å²) in [6.45, 7) is 3.29. The van der Waals surface area contributed by atoms with E-state index in [2.05, 4.69) is 10.5 Å². The van der Waals surface area contributed by atoms with Crippen LogP contribution in [0.1, 0.15) is 18.1 Å². The maximum absolute atomic E-state index is 13.1. The zero-order valence-electron chi connectivity index (χ0n) is 12.8. The van der Waals surface area contributed by atoms with E-state index in [-0.39, 0.29) is 11.5 Å². The fourth-order valence-corrected chi connectivity index (χ4v) is 1.84. The van der Waals surface area contributed by atoms with Crippen LogP contribution in [0.15, 0.2) is 47.6 Å². The van der Waals surface area contributed by atoms with Gasteiger partial charge in [0.1, 0.15) is 17.3 Å². The van der Waals surface area contributed by atoms with Crippen molar-refractivity contribution >= 4 is 12.1 Å². The highest BCUT2D eigenvalue weighted by molar-refractivity contribution is 5.86. The molecule has 0 aliphatic carbocycles. The molecule has 0 saturated heterocycles. The lowest BCUT2D eigenvalue weighted by atomic mass is 10.1. The minimum Gasteiger partial charge on any atom is -0.507 e. The number of ether oxygens (including phenoxy) is 1. The van der Waals surface area contributed by atoms with Crippen molar-refractivity contribution in [2.24, 2.45) is 5.10 Å². The molecule has 2 N–H and O–H groups in total. The van der Waals surface area contributed by atoms with Crippen molar-refractivity contribution < 1.29 is 19.0 Å². The first-order chi connectivity index (χ1) is 11.0. The van der Waals surface area contributed by atoms with Crippen LogP contribution in [0.2, 0.25) is 0 Å². The van der Waals surface area contributed by atoms with Gasteiger partial charge >= 0.3 is 0 Å². The molecule has 0 aliphatic rings. The minimum atomic E-state index is -0.847. The molecule has 5 nitrogen and oxygen atoms in total. The van der Waals surface area contributed by atoms with Crippen molar-refractivity contribution in [2.45, 2.75) is 20.0 Å². The molecule has 0 saturated carbocycles. The molecule has 120 valence electrons. The Labute approximate surface area is 133 Å². The van der Waals surface area contributed by atoms with Gasteiger partial charge in [-0.1, -0.05) is 18.2 Å². The summed E-state index contributed by atoms with van der Waals surface area (Å²) in [6.07, 6.45) is 0.495. The highest BCUT2D eigenvalue weighted by atomic mass is 19.1. The first-order valence-electron chi connectivity index (χ1n) is 7.01. The van der Waals surface area contributed by atoms with Crippen LogP contribution < -0.4 is 10.2 Å². The molecule has 2 aromatic carbocycles. The Morgan fingerprint density at radius 2 is 2.09 bits per heavy atom. The average molecular weight is 316 g/mol. The number of hydrogen-bond acceptors (Lipinski definition) is 4. The van der Waals surface area contributed by atoms with Gasteiger partial charge in [0.05, 0.1) is 6.21 Å². The highest BCUT2D eigenvalue weighted by Gasteiger charge is 2.14. The molecule has 1 amide bonds. The van der Waals surface area contributed by atoms with E-state index in [1.54, 1.807) is 31.2 Å². The molecule has 23 heavy (non-hydrogen) atoms. The van der Waals surface area contributed by atoms with Crippen LogP contribution >= 0.6 is 0 Å². The number of benzene rings is 2. The molecule has 0 radical (unpaired) electrons. The monoisotopic (exact) mass is 316 g/mol. The third-order valence-electron chi connectivity index (χ3n) is 3.13. The Morgan fingerprint density at radius 1 is 1.35 bits per heavy atom. The van der Waals surface area contributed by atoms with Crippen LogP contribution in [-0.4, -0.2) is 23.3 Å². The topological polar surface area (TPSA) is 70.9 Å². The number of phenolic OH excluding ortho intramolecular Hbond substituents is 1. The van der Waals surface area contributed by atoms with Crippen molar-refractivity contribution in [3.05, 3.63) is 59.4 Å². The predicted octanol–water partition coefficient (Wildman–Crippen LogP) is 2.76. The molecule has 0 heterocycles. The normalized spacial score (nSPS) is 12.1. The first-order valence-corrected chi connectivity index (χ1v) is 7.01. The molecule has 0 bridgehead atoms.